The number of aryl methyl sites for hydroxylation is 1. The van der Waals surface area contributed by atoms with Crippen LogP contribution in [0.5, 0.6) is 0 Å². The summed E-state index contributed by atoms with van der Waals surface area (Å²) in [6.07, 6.45) is 0. The third-order valence-corrected chi connectivity index (χ3v) is 2.69. The first-order valence-electron chi connectivity index (χ1n) is 6.33. The molecule has 0 saturated heterocycles. The summed E-state index contributed by atoms with van der Waals surface area (Å²) in [4.78, 5) is 11.6. The van der Waals surface area contributed by atoms with Crippen LogP contribution >= 0.6 is 0 Å². The highest BCUT2D eigenvalue weighted by atomic mass is 16.5. The Labute approximate surface area is 116 Å². The Morgan fingerprint density at radius 2 is 2.25 bits per heavy atom. The van der Waals surface area contributed by atoms with Crippen LogP contribution in [0.4, 0.5) is 11.4 Å². The molecular formula is C14H17N3O3. The third-order valence-electron chi connectivity index (χ3n) is 2.69. The van der Waals surface area contributed by atoms with Crippen LogP contribution in [0, 0.1) is 6.92 Å². The number of nitrogens with two attached hydrogens (primary N) is 1. The third kappa shape index (κ3) is 3.28. The SMILES string of the molecule is CCOC(=O)c1ccc(NCc2cc(C)no2)c(N)c1. The smallest absolute Gasteiger partial charge is 0.338 e. The second-order valence-corrected chi connectivity index (χ2v) is 4.31. The van der Waals surface area contributed by atoms with Crippen molar-refractivity contribution in [2.45, 2.75) is 20.4 Å². The molecular weight excluding hydrogens is 258 g/mol. The Hall–Kier alpha value is -2.50. The zero-order chi connectivity index (χ0) is 14.5. The Kier molecular flexibility index (Phi) is 4.24. The maximum Gasteiger partial charge on any atom is 0.338 e. The van der Waals surface area contributed by atoms with Crippen molar-refractivity contribution in [1.82, 2.24) is 5.16 Å². The molecule has 6 heteroatoms. The average molecular weight is 275 g/mol. The molecule has 3 N–H and O–H groups in total. The first kappa shape index (κ1) is 13.9. The Bertz CT molecular complexity index is 607. The van der Waals surface area contributed by atoms with Crippen LogP contribution < -0.4 is 11.1 Å². The standard InChI is InChI=1S/C14H17N3O3/c1-3-19-14(18)10-4-5-13(12(15)7-10)16-8-11-6-9(2)17-20-11/h4-7,16H,3,8,15H2,1-2H3. The summed E-state index contributed by atoms with van der Waals surface area (Å²) in [5, 5.41) is 6.93. The summed E-state index contributed by atoms with van der Waals surface area (Å²) in [6, 6.07) is 6.84. The van der Waals surface area contributed by atoms with E-state index in [-0.39, 0.29) is 5.97 Å². The second kappa shape index (κ2) is 6.10. The molecule has 0 aliphatic rings. The van der Waals surface area contributed by atoms with Gasteiger partial charge in [0.25, 0.3) is 0 Å². The lowest BCUT2D eigenvalue weighted by Gasteiger charge is -2.09. The summed E-state index contributed by atoms with van der Waals surface area (Å²) in [5.41, 5.74) is 8.38. The fourth-order valence-electron chi connectivity index (χ4n) is 1.75. The lowest BCUT2D eigenvalue weighted by atomic mass is 10.1. The first-order chi connectivity index (χ1) is 9.60. The molecule has 0 amide bonds. The maximum atomic E-state index is 11.6. The molecule has 2 aromatic rings. The summed E-state index contributed by atoms with van der Waals surface area (Å²) in [6.45, 7) is 4.43. The van der Waals surface area contributed by atoms with Crippen LogP contribution in [0.1, 0.15) is 28.7 Å². The molecule has 0 saturated carbocycles. The average Bonchev–Trinajstić information content (AvgIpc) is 2.83. The Morgan fingerprint density at radius 1 is 1.45 bits per heavy atom. The topological polar surface area (TPSA) is 90.4 Å². The molecule has 0 aliphatic carbocycles. The number of anilines is 2. The van der Waals surface area contributed by atoms with Gasteiger partial charge in [0.15, 0.2) is 5.76 Å². The number of carbonyl (C=O) groups excluding carboxylic acids is 1. The van der Waals surface area contributed by atoms with Gasteiger partial charge in [0, 0.05) is 6.07 Å². The van der Waals surface area contributed by atoms with E-state index in [9.17, 15) is 4.79 Å². The van der Waals surface area contributed by atoms with Crippen molar-refractivity contribution >= 4 is 17.3 Å². The van der Waals surface area contributed by atoms with Gasteiger partial charge in [-0.05, 0) is 32.0 Å². The molecule has 2 rings (SSSR count). The van der Waals surface area contributed by atoms with E-state index in [1.54, 1.807) is 25.1 Å². The summed E-state index contributed by atoms with van der Waals surface area (Å²) >= 11 is 0. The molecule has 0 aliphatic heterocycles. The summed E-state index contributed by atoms with van der Waals surface area (Å²) in [7, 11) is 0. The van der Waals surface area contributed by atoms with Crippen LogP contribution in [0.25, 0.3) is 0 Å². The van der Waals surface area contributed by atoms with Crippen molar-refractivity contribution in [1.29, 1.82) is 0 Å². The van der Waals surface area contributed by atoms with Gasteiger partial charge in [-0.15, -0.1) is 0 Å². The van der Waals surface area contributed by atoms with Crippen LogP contribution in [-0.2, 0) is 11.3 Å². The van der Waals surface area contributed by atoms with Crippen molar-refractivity contribution in [3.05, 3.63) is 41.3 Å². The molecule has 0 atom stereocenters. The first-order valence-corrected chi connectivity index (χ1v) is 6.33. The van der Waals surface area contributed by atoms with Crippen molar-refractivity contribution in [3.63, 3.8) is 0 Å². The van der Waals surface area contributed by atoms with E-state index in [1.165, 1.54) is 0 Å². The van der Waals surface area contributed by atoms with Gasteiger partial charge in [0.2, 0.25) is 0 Å². The van der Waals surface area contributed by atoms with Crippen molar-refractivity contribution in [2.75, 3.05) is 17.7 Å². The highest BCUT2D eigenvalue weighted by Gasteiger charge is 2.09. The predicted molar refractivity (Wildman–Crippen MR) is 75.4 cm³/mol. The Balaban J connectivity index is 2.04. The number of ether oxygens (including phenoxy) is 1. The number of benzene rings is 1. The van der Waals surface area contributed by atoms with Crippen LogP contribution in [0.3, 0.4) is 0 Å². The van der Waals surface area contributed by atoms with Gasteiger partial charge in [-0.2, -0.15) is 0 Å². The zero-order valence-electron chi connectivity index (χ0n) is 11.5. The van der Waals surface area contributed by atoms with E-state index in [2.05, 4.69) is 10.5 Å². The van der Waals surface area contributed by atoms with Gasteiger partial charge in [-0.1, -0.05) is 5.16 Å². The van der Waals surface area contributed by atoms with Crippen LogP contribution in [0.15, 0.2) is 28.8 Å². The Morgan fingerprint density at radius 3 is 2.85 bits per heavy atom. The van der Waals surface area contributed by atoms with E-state index in [0.29, 0.717) is 24.4 Å². The number of hydrogen-bond donors (Lipinski definition) is 2. The van der Waals surface area contributed by atoms with Crippen LogP contribution in [-0.4, -0.2) is 17.7 Å². The van der Waals surface area contributed by atoms with Gasteiger partial charge >= 0.3 is 5.97 Å². The minimum absolute atomic E-state index is 0.337. The molecule has 0 radical (unpaired) electrons. The van der Waals surface area contributed by atoms with E-state index in [0.717, 1.165) is 17.1 Å². The number of carbonyl (C=O) groups is 1. The van der Waals surface area contributed by atoms with Gasteiger partial charge in [-0.3, -0.25) is 0 Å². The van der Waals surface area contributed by atoms with E-state index < -0.39 is 0 Å². The molecule has 20 heavy (non-hydrogen) atoms. The minimum Gasteiger partial charge on any atom is -0.462 e. The second-order valence-electron chi connectivity index (χ2n) is 4.31. The van der Waals surface area contributed by atoms with E-state index >= 15 is 0 Å². The number of esters is 1. The summed E-state index contributed by atoms with van der Waals surface area (Å²) < 4.78 is 10.0. The molecule has 0 unspecified atom stereocenters. The lowest BCUT2D eigenvalue weighted by molar-refractivity contribution is 0.0526. The van der Waals surface area contributed by atoms with Gasteiger partial charge in [-0.25, -0.2) is 4.79 Å². The molecule has 6 nitrogen and oxygen atoms in total. The quantitative estimate of drug-likeness (QED) is 0.643. The molecule has 0 spiro atoms. The number of nitrogens with zero attached hydrogens (tertiary/aromatic N) is 1. The largest absolute Gasteiger partial charge is 0.462 e. The maximum absolute atomic E-state index is 11.6. The highest BCUT2D eigenvalue weighted by molar-refractivity contribution is 5.91. The monoisotopic (exact) mass is 275 g/mol. The van der Waals surface area contributed by atoms with Gasteiger partial charge in [0.1, 0.15) is 0 Å². The van der Waals surface area contributed by atoms with Gasteiger partial charge < -0.3 is 20.3 Å². The predicted octanol–water partition coefficient (Wildman–Crippen LogP) is 2.35. The molecule has 1 heterocycles. The minimum atomic E-state index is -0.378. The molecule has 1 aromatic heterocycles. The van der Waals surface area contributed by atoms with Crippen molar-refractivity contribution in [3.8, 4) is 0 Å². The summed E-state index contributed by atoms with van der Waals surface area (Å²) in [5.74, 6) is 0.341. The number of rotatable bonds is 5. The number of nitrogen functional groups attached to an aromatic ring is 1. The van der Waals surface area contributed by atoms with E-state index in [4.69, 9.17) is 15.0 Å². The molecule has 106 valence electrons. The molecule has 1 aromatic carbocycles. The van der Waals surface area contributed by atoms with Gasteiger partial charge in [0.05, 0.1) is 35.8 Å². The van der Waals surface area contributed by atoms with Crippen molar-refractivity contribution in [2.24, 2.45) is 0 Å². The molecule has 0 fully saturated rings. The zero-order valence-corrected chi connectivity index (χ0v) is 11.5. The lowest BCUT2D eigenvalue weighted by Crippen LogP contribution is -2.07. The number of hydrogen-bond acceptors (Lipinski definition) is 6. The number of aromatic nitrogens is 1. The molecule has 0 bridgehead atoms. The van der Waals surface area contributed by atoms with E-state index in [1.807, 2.05) is 13.0 Å². The van der Waals surface area contributed by atoms with Crippen LogP contribution in [0.2, 0.25) is 0 Å². The fourth-order valence-corrected chi connectivity index (χ4v) is 1.75. The fraction of sp³-hybridized carbons (Fsp3) is 0.286. The normalized spacial score (nSPS) is 10.3. The number of nitrogens with one attached hydrogen (secondary N) is 1. The van der Waals surface area contributed by atoms with Crippen molar-refractivity contribution < 1.29 is 14.1 Å². The highest BCUT2D eigenvalue weighted by Crippen LogP contribution is 2.21.